The fraction of sp³-hybridized carbons (Fsp3) is 0.667. The summed E-state index contributed by atoms with van der Waals surface area (Å²) >= 11 is 2.94. The van der Waals surface area contributed by atoms with Crippen molar-refractivity contribution < 1.29 is 0 Å². The first-order valence-electron chi connectivity index (χ1n) is 7.18. The van der Waals surface area contributed by atoms with Crippen molar-refractivity contribution in [2.75, 3.05) is 26.1 Å². The maximum absolute atomic E-state index is 3.86. The Kier molecular flexibility index (Phi) is 12.4. The molecule has 20 heavy (non-hydrogen) atoms. The third-order valence-electron chi connectivity index (χ3n) is 2.87. The minimum absolute atomic E-state index is 0.968. The summed E-state index contributed by atoms with van der Waals surface area (Å²) in [7, 11) is 2.11. The van der Waals surface area contributed by atoms with Gasteiger partial charge in [-0.15, -0.1) is 0 Å². The lowest BCUT2D eigenvalue weighted by molar-refractivity contribution is 0.291. The van der Waals surface area contributed by atoms with Crippen LogP contribution in [0, 0.1) is 6.92 Å². The van der Waals surface area contributed by atoms with Gasteiger partial charge in [0.25, 0.3) is 0 Å². The zero-order chi connectivity index (χ0) is 15.2. The summed E-state index contributed by atoms with van der Waals surface area (Å²) in [5.74, 6) is 2.78. The molecule has 1 aromatic heterocycles. The van der Waals surface area contributed by atoms with Crippen molar-refractivity contribution in [2.45, 2.75) is 39.5 Å². The number of aromatic nitrogens is 2. The van der Waals surface area contributed by atoms with E-state index < -0.39 is 0 Å². The number of H-pyrrole nitrogens is 1. The van der Waals surface area contributed by atoms with E-state index in [0.717, 1.165) is 12.5 Å². The van der Waals surface area contributed by atoms with E-state index in [-0.39, 0.29) is 0 Å². The molecule has 2 rings (SSSR count). The lowest BCUT2D eigenvalue weighted by Crippen LogP contribution is -2.23. The standard InChI is InChI=1S/C10H20N2.C4H6N2.CH3Br/c1-3-4-5-6-7-12-9-8-11(2)10-12;1-4-5-2-3-6-4;1-2/h8-9H,3-7,10H2,1-2H3;2-3H,1H3,(H,5,6);1H3. The third-order valence-corrected chi connectivity index (χ3v) is 2.87. The molecule has 5 heteroatoms. The van der Waals surface area contributed by atoms with E-state index in [0.29, 0.717) is 0 Å². The van der Waals surface area contributed by atoms with Gasteiger partial charge in [-0.25, -0.2) is 4.98 Å². The monoisotopic (exact) mass is 344 g/mol. The quantitative estimate of drug-likeness (QED) is 0.648. The van der Waals surface area contributed by atoms with E-state index in [9.17, 15) is 0 Å². The van der Waals surface area contributed by atoms with Crippen molar-refractivity contribution >= 4 is 15.9 Å². The van der Waals surface area contributed by atoms with Crippen molar-refractivity contribution in [3.05, 3.63) is 30.6 Å². The average Bonchev–Trinajstić information content (AvgIpc) is 3.09. The van der Waals surface area contributed by atoms with Crippen molar-refractivity contribution in [3.63, 3.8) is 0 Å². The van der Waals surface area contributed by atoms with Gasteiger partial charge in [0.15, 0.2) is 0 Å². The van der Waals surface area contributed by atoms with Crippen molar-refractivity contribution in [1.82, 2.24) is 19.8 Å². The van der Waals surface area contributed by atoms with E-state index in [1.54, 1.807) is 12.4 Å². The number of hydrogen-bond donors (Lipinski definition) is 1. The molecule has 0 fully saturated rings. The number of unbranched alkanes of at least 4 members (excludes halogenated alkanes) is 3. The molecule has 0 saturated carbocycles. The Balaban J connectivity index is 0.000000377. The fourth-order valence-corrected chi connectivity index (χ4v) is 1.82. The maximum atomic E-state index is 3.86. The smallest absolute Gasteiger partial charge is 0.102 e. The summed E-state index contributed by atoms with van der Waals surface area (Å²) in [6.07, 6.45) is 13.3. The number of hydrogen-bond acceptors (Lipinski definition) is 3. The van der Waals surface area contributed by atoms with Crippen LogP contribution in [0.3, 0.4) is 0 Å². The Hall–Kier alpha value is -0.970. The highest BCUT2D eigenvalue weighted by Gasteiger charge is 2.06. The predicted molar refractivity (Wildman–Crippen MR) is 90.8 cm³/mol. The number of aromatic amines is 1. The first-order chi connectivity index (χ1) is 9.72. The Morgan fingerprint density at radius 2 is 2.00 bits per heavy atom. The summed E-state index contributed by atoms with van der Waals surface area (Å²) in [6, 6.07) is 0. The van der Waals surface area contributed by atoms with Gasteiger partial charge < -0.3 is 14.8 Å². The number of nitrogens with one attached hydrogen (secondary N) is 1. The van der Waals surface area contributed by atoms with Gasteiger partial charge in [0.05, 0.1) is 6.67 Å². The van der Waals surface area contributed by atoms with Gasteiger partial charge in [0.1, 0.15) is 5.82 Å². The molecular weight excluding hydrogens is 316 g/mol. The van der Waals surface area contributed by atoms with Gasteiger partial charge in [-0.2, -0.15) is 0 Å². The van der Waals surface area contributed by atoms with Crippen LogP contribution < -0.4 is 0 Å². The number of imidazole rings is 1. The van der Waals surface area contributed by atoms with Crippen LogP contribution in [-0.2, 0) is 0 Å². The van der Waals surface area contributed by atoms with Crippen LogP contribution in [0.5, 0.6) is 0 Å². The van der Waals surface area contributed by atoms with Crippen LogP contribution in [0.2, 0.25) is 0 Å². The Bertz CT molecular complexity index is 325. The topological polar surface area (TPSA) is 35.2 Å². The van der Waals surface area contributed by atoms with Gasteiger partial charge in [-0.3, -0.25) is 0 Å². The molecule has 4 nitrogen and oxygen atoms in total. The predicted octanol–water partition coefficient (Wildman–Crippen LogP) is 3.97. The highest BCUT2D eigenvalue weighted by atomic mass is 79.9. The van der Waals surface area contributed by atoms with Crippen LogP contribution in [-0.4, -0.2) is 45.9 Å². The number of halogens is 1. The summed E-state index contributed by atoms with van der Waals surface area (Å²) in [5.41, 5.74) is 0. The summed E-state index contributed by atoms with van der Waals surface area (Å²) < 4.78 is 0. The number of alkyl halides is 1. The first-order valence-corrected chi connectivity index (χ1v) is 8.77. The van der Waals surface area contributed by atoms with Crippen LogP contribution in [0.25, 0.3) is 0 Å². The van der Waals surface area contributed by atoms with Crippen molar-refractivity contribution in [3.8, 4) is 0 Å². The normalized spacial score (nSPS) is 12.7. The fourth-order valence-electron chi connectivity index (χ4n) is 1.82. The molecule has 0 atom stereocenters. The minimum atomic E-state index is 0.968. The van der Waals surface area contributed by atoms with E-state index in [4.69, 9.17) is 0 Å². The Labute approximate surface area is 132 Å². The molecule has 0 amide bonds. The Morgan fingerprint density at radius 3 is 2.40 bits per heavy atom. The maximum Gasteiger partial charge on any atom is 0.102 e. The van der Waals surface area contributed by atoms with E-state index >= 15 is 0 Å². The van der Waals surface area contributed by atoms with E-state index in [2.05, 4.69) is 62.1 Å². The van der Waals surface area contributed by atoms with Crippen molar-refractivity contribution in [1.29, 1.82) is 0 Å². The van der Waals surface area contributed by atoms with Crippen LogP contribution in [0.15, 0.2) is 24.8 Å². The summed E-state index contributed by atoms with van der Waals surface area (Å²) in [6.45, 7) is 6.47. The highest BCUT2D eigenvalue weighted by molar-refractivity contribution is 9.08. The second-order valence-corrected chi connectivity index (χ2v) is 4.74. The van der Waals surface area contributed by atoms with E-state index in [1.807, 2.05) is 12.8 Å². The second-order valence-electron chi connectivity index (χ2n) is 4.74. The number of nitrogens with zero attached hydrogens (tertiary/aromatic N) is 3. The van der Waals surface area contributed by atoms with Crippen LogP contribution in [0.1, 0.15) is 38.4 Å². The Morgan fingerprint density at radius 1 is 1.25 bits per heavy atom. The third kappa shape index (κ3) is 9.89. The van der Waals surface area contributed by atoms with Gasteiger partial charge in [-0.1, -0.05) is 42.1 Å². The number of aryl methyl sites for hydroxylation is 1. The highest BCUT2D eigenvalue weighted by Crippen LogP contribution is 2.06. The molecule has 0 spiro atoms. The summed E-state index contributed by atoms with van der Waals surface area (Å²) in [4.78, 5) is 11.3. The lowest BCUT2D eigenvalue weighted by atomic mass is 10.2. The molecule has 1 aliphatic rings. The minimum Gasteiger partial charge on any atom is -0.362 e. The lowest BCUT2D eigenvalue weighted by Gasteiger charge is -2.17. The SMILES string of the molecule is CBr.CCCCCCN1C=CN(C)C1.Cc1ncc[nH]1. The largest absolute Gasteiger partial charge is 0.362 e. The number of rotatable bonds is 5. The van der Waals surface area contributed by atoms with Gasteiger partial charge in [-0.05, 0) is 19.2 Å². The zero-order valence-electron chi connectivity index (χ0n) is 13.3. The molecule has 116 valence electrons. The van der Waals surface area contributed by atoms with Crippen LogP contribution >= 0.6 is 15.9 Å². The molecular formula is C15H29BrN4. The zero-order valence-corrected chi connectivity index (χ0v) is 14.9. The molecule has 0 aliphatic carbocycles. The average molecular weight is 345 g/mol. The molecule has 0 saturated heterocycles. The van der Waals surface area contributed by atoms with Gasteiger partial charge in [0, 0.05) is 38.4 Å². The molecule has 0 aromatic carbocycles. The molecule has 1 N–H and O–H groups in total. The molecule has 1 aromatic rings. The molecule has 1 aliphatic heterocycles. The van der Waals surface area contributed by atoms with Crippen LogP contribution in [0.4, 0.5) is 0 Å². The molecule has 0 radical (unpaired) electrons. The van der Waals surface area contributed by atoms with Gasteiger partial charge >= 0.3 is 0 Å². The summed E-state index contributed by atoms with van der Waals surface area (Å²) in [5, 5.41) is 0. The van der Waals surface area contributed by atoms with Gasteiger partial charge in [0.2, 0.25) is 0 Å². The second kappa shape index (κ2) is 13.0. The molecule has 0 unspecified atom stereocenters. The first kappa shape index (κ1) is 19.0. The van der Waals surface area contributed by atoms with E-state index in [1.165, 1.54) is 32.2 Å². The molecule has 0 bridgehead atoms. The van der Waals surface area contributed by atoms with Crippen molar-refractivity contribution in [2.24, 2.45) is 0 Å². The molecule has 2 heterocycles.